The van der Waals surface area contributed by atoms with Crippen molar-refractivity contribution in [3.8, 4) is 0 Å². The standard InChI is InChI=1S/C13H17NOS/c1-9(16)13(15)14-12-8-4-6-10-5-2-3-7-11(10)12/h2-3,5,7,9,12,16H,4,6,8H2,1H3,(H,14,15). The number of fused-ring (bicyclic) bond motifs is 1. The molecular weight excluding hydrogens is 218 g/mol. The zero-order chi connectivity index (χ0) is 11.5. The van der Waals surface area contributed by atoms with E-state index in [0.29, 0.717) is 0 Å². The number of hydrogen-bond donors (Lipinski definition) is 2. The van der Waals surface area contributed by atoms with E-state index in [1.807, 2.05) is 6.07 Å². The third-order valence-corrected chi connectivity index (χ3v) is 3.30. The summed E-state index contributed by atoms with van der Waals surface area (Å²) in [6, 6.07) is 8.53. The Morgan fingerprint density at radius 3 is 3.00 bits per heavy atom. The van der Waals surface area contributed by atoms with Crippen molar-refractivity contribution in [2.24, 2.45) is 0 Å². The molecular formula is C13H17NOS. The predicted octanol–water partition coefficient (Wildman–Crippen LogP) is 2.50. The summed E-state index contributed by atoms with van der Waals surface area (Å²) in [5.41, 5.74) is 2.64. The van der Waals surface area contributed by atoms with Crippen molar-refractivity contribution < 1.29 is 4.79 Å². The molecule has 1 aromatic rings. The summed E-state index contributed by atoms with van der Waals surface area (Å²) >= 11 is 4.15. The van der Waals surface area contributed by atoms with E-state index in [2.05, 4.69) is 36.1 Å². The SMILES string of the molecule is CC(S)C(=O)NC1CCCc2ccccc21. The molecule has 0 radical (unpaired) electrons. The normalized spacial score (nSPS) is 21.0. The topological polar surface area (TPSA) is 29.1 Å². The first-order valence-electron chi connectivity index (χ1n) is 5.74. The molecule has 0 aliphatic heterocycles. The zero-order valence-corrected chi connectivity index (χ0v) is 10.3. The summed E-state index contributed by atoms with van der Waals surface area (Å²) in [6.45, 7) is 1.80. The molecule has 3 heteroatoms. The van der Waals surface area contributed by atoms with Crippen LogP contribution in [0.4, 0.5) is 0 Å². The first-order chi connectivity index (χ1) is 7.68. The summed E-state index contributed by atoms with van der Waals surface area (Å²) in [5.74, 6) is 0.0186. The molecule has 86 valence electrons. The van der Waals surface area contributed by atoms with Crippen LogP contribution >= 0.6 is 12.6 Å². The number of benzene rings is 1. The van der Waals surface area contributed by atoms with Crippen LogP contribution in [0.3, 0.4) is 0 Å². The van der Waals surface area contributed by atoms with Gasteiger partial charge in [0.2, 0.25) is 5.91 Å². The van der Waals surface area contributed by atoms with Crippen LogP contribution in [0, 0.1) is 0 Å². The number of carbonyl (C=O) groups is 1. The fourth-order valence-corrected chi connectivity index (χ4v) is 2.27. The van der Waals surface area contributed by atoms with E-state index in [1.54, 1.807) is 6.92 Å². The highest BCUT2D eigenvalue weighted by Gasteiger charge is 2.22. The van der Waals surface area contributed by atoms with Crippen molar-refractivity contribution in [3.05, 3.63) is 35.4 Å². The Bertz CT molecular complexity index is 389. The summed E-state index contributed by atoms with van der Waals surface area (Å²) in [7, 11) is 0. The highest BCUT2D eigenvalue weighted by atomic mass is 32.1. The minimum atomic E-state index is -0.242. The van der Waals surface area contributed by atoms with Crippen molar-refractivity contribution in [1.29, 1.82) is 0 Å². The van der Waals surface area contributed by atoms with Gasteiger partial charge < -0.3 is 5.32 Å². The van der Waals surface area contributed by atoms with Crippen molar-refractivity contribution >= 4 is 18.5 Å². The second-order valence-corrected chi connectivity index (χ2v) is 5.10. The Kier molecular flexibility index (Phi) is 3.54. The van der Waals surface area contributed by atoms with Crippen LogP contribution in [0.25, 0.3) is 0 Å². The zero-order valence-electron chi connectivity index (χ0n) is 9.44. The molecule has 2 atom stereocenters. The molecule has 1 amide bonds. The predicted molar refractivity (Wildman–Crippen MR) is 68.7 cm³/mol. The average molecular weight is 235 g/mol. The van der Waals surface area contributed by atoms with Crippen molar-refractivity contribution in [2.75, 3.05) is 0 Å². The maximum Gasteiger partial charge on any atom is 0.233 e. The Hall–Kier alpha value is -0.960. The monoisotopic (exact) mass is 235 g/mol. The molecule has 2 rings (SSSR count). The Labute approximate surface area is 102 Å². The van der Waals surface area contributed by atoms with Gasteiger partial charge in [-0.05, 0) is 37.3 Å². The summed E-state index contributed by atoms with van der Waals surface area (Å²) in [6.07, 6.45) is 3.30. The van der Waals surface area contributed by atoms with Crippen LogP contribution < -0.4 is 5.32 Å². The molecule has 0 saturated heterocycles. The number of nitrogens with one attached hydrogen (secondary N) is 1. The number of hydrogen-bond acceptors (Lipinski definition) is 2. The van der Waals surface area contributed by atoms with Gasteiger partial charge in [-0.25, -0.2) is 0 Å². The molecule has 0 saturated carbocycles. The van der Waals surface area contributed by atoms with E-state index in [9.17, 15) is 4.79 Å². The lowest BCUT2D eigenvalue weighted by Crippen LogP contribution is -2.35. The molecule has 1 aliphatic rings. The van der Waals surface area contributed by atoms with E-state index in [4.69, 9.17) is 0 Å². The van der Waals surface area contributed by atoms with Gasteiger partial charge in [0.1, 0.15) is 0 Å². The third kappa shape index (κ3) is 2.40. The van der Waals surface area contributed by atoms with Gasteiger partial charge in [0.15, 0.2) is 0 Å². The maximum absolute atomic E-state index is 11.6. The van der Waals surface area contributed by atoms with Gasteiger partial charge in [0, 0.05) is 0 Å². The first kappa shape index (κ1) is 11.5. The Morgan fingerprint density at radius 1 is 1.50 bits per heavy atom. The molecule has 2 unspecified atom stereocenters. The fraction of sp³-hybridized carbons (Fsp3) is 0.462. The lowest BCUT2D eigenvalue weighted by Gasteiger charge is -2.26. The number of rotatable bonds is 2. The molecule has 0 heterocycles. The molecule has 16 heavy (non-hydrogen) atoms. The van der Waals surface area contributed by atoms with Gasteiger partial charge >= 0.3 is 0 Å². The molecule has 0 fully saturated rings. The van der Waals surface area contributed by atoms with E-state index in [0.717, 1.165) is 19.3 Å². The smallest absolute Gasteiger partial charge is 0.233 e. The van der Waals surface area contributed by atoms with Crippen molar-refractivity contribution in [2.45, 2.75) is 37.5 Å². The van der Waals surface area contributed by atoms with Crippen LogP contribution in [0.5, 0.6) is 0 Å². The first-order valence-corrected chi connectivity index (χ1v) is 6.26. The van der Waals surface area contributed by atoms with Gasteiger partial charge in [-0.1, -0.05) is 24.3 Å². The number of carbonyl (C=O) groups excluding carboxylic acids is 1. The van der Waals surface area contributed by atoms with Gasteiger partial charge in [0.25, 0.3) is 0 Å². The van der Waals surface area contributed by atoms with Crippen LogP contribution in [0.15, 0.2) is 24.3 Å². The van der Waals surface area contributed by atoms with Gasteiger partial charge in [-0.15, -0.1) is 0 Å². The number of aryl methyl sites for hydroxylation is 1. The minimum Gasteiger partial charge on any atom is -0.348 e. The average Bonchev–Trinajstić information content (AvgIpc) is 2.29. The molecule has 1 N–H and O–H groups in total. The lowest BCUT2D eigenvalue weighted by molar-refractivity contribution is -0.121. The lowest BCUT2D eigenvalue weighted by atomic mass is 9.88. The number of thiol groups is 1. The van der Waals surface area contributed by atoms with Gasteiger partial charge in [-0.2, -0.15) is 12.6 Å². The third-order valence-electron chi connectivity index (χ3n) is 3.07. The maximum atomic E-state index is 11.6. The summed E-state index contributed by atoms with van der Waals surface area (Å²) in [4.78, 5) is 11.6. The van der Waals surface area contributed by atoms with E-state index in [1.165, 1.54) is 11.1 Å². The molecule has 1 aliphatic carbocycles. The second-order valence-electron chi connectivity index (χ2n) is 4.33. The van der Waals surface area contributed by atoms with Crippen LogP contribution in [-0.2, 0) is 11.2 Å². The molecule has 1 aromatic carbocycles. The molecule has 0 spiro atoms. The highest BCUT2D eigenvalue weighted by Crippen LogP contribution is 2.29. The molecule has 0 bridgehead atoms. The van der Waals surface area contributed by atoms with E-state index >= 15 is 0 Å². The largest absolute Gasteiger partial charge is 0.348 e. The quantitative estimate of drug-likeness (QED) is 0.758. The Morgan fingerprint density at radius 2 is 2.25 bits per heavy atom. The van der Waals surface area contributed by atoms with E-state index in [-0.39, 0.29) is 17.2 Å². The number of amides is 1. The Balaban J connectivity index is 2.16. The van der Waals surface area contributed by atoms with Crippen LogP contribution in [-0.4, -0.2) is 11.2 Å². The van der Waals surface area contributed by atoms with Gasteiger partial charge in [-0.3, -0.25) is 4.79 Å². The molecule has 0 aromatic heterocycles. The fourth-order valence-electron chi connectivity index (χ4n) is 2.20. The van der Waals surface area contributed by atoms with Crippen LogP contribution in [0.2, 0.25) is 0 Å². The molecule has 2 nitrogen and oxygen atoms in total. The second kappa shape index (κ2) is 4.91. The van der Waals surface area contributed by atoms with Crippen molar-refractivity contribution in [3.63, 3.8) is 0 Å². The van der Waals surface area contributed by atoms with Crippen LogP contribution in [0.1, 0.15) is 36.9 Å². The summed E-state index contributed by atoms with van der Waals surface area (Å²) in [5, 5.41) is 2.82. The van der Waals surface area contributed by atoms with E-state index < -0.39 is 0 Å². The minimum absolute atomic E-state index is 0.0186. The highest BCUT2D eigenvalue weighted by molar-refractivity contribution is 7.81. The van der Waals surface area contributed by atoms with Crippen molar-refractivity contribution in [1.82, 2.24) is 5.32 Å². The van der Waals surface area contributed by atoms with Gasteiger partial charge in [0.05, 0.1) is 11.3 Å². The summed E-state index contributed by atoms with van der Waals surface area (Å²) < 4.78 is 0.